The Balaban J connectivity index is 2.89. The first kappa shape index (κ1) is 9.92. The Hall–Kier alpha value is -1.16. The van der Waals surface area contributed by atoms with Gasteiger partial charge >= 0.3 is 5.97 Å². The average molecular weight is 198 g/mol. The molecule has 4 heteroatoms. The minimum atomic E-state index is -1.67. The Labute approximate surface area is 79.4 Å². The fourth-order valence-electron chi connectivity index (χ4n) is 0.895. The predicted octanol–water partition coefficient (Wildman–Crippen LogP) is 1.58. The zero-order chi connectivity index (χ0) is 9.84. The minimum absolute atomic E-state index is 0.540. The first-order valence-corrected chi connectivity index (χ1v) is 4.85. The van der Waals surface area contributed by atoms with Crippen LogP contribution >= 0.6 is 0 Å². The van der Waals surface area contributed by atoms with E-state index in [1.54, 1.807) is 12.1 Å². The zero-order valence-electron chi connectivity index (χ0n) is 7.44. The lowest BCUT2D eigenvalue weighted by Gasteiger charge is -2.03. The summed E-state index contributed by atoms with van der Waals surface area (Å²) in [7, 11) is 0. The summed E-state index contributed by atoms with van der Waals surface area (Å²) >= 11 is -1.67. The molecule has 0 aliphatic heterocycles. The maximum absolute atomic E-state index is 11.3. The number of carbonyl (C=O) groups is 1. The SMILES string of the molecule is CC(=O)OS(=O)c1ccccc1C. The van der Waals surface area contributed by atoms with Crippen molar-refractivity contribution in [3.05, 3.63) is 29.8 Å². The average Bonchev–Trinajstić information content (AvgIpc) is 2.03. The van der Waals surface area contributed by atoms with Gasteiger partial charge in [-0.05, 0) is 18.6 Å². The summed E-state index contributed by atoms with van der Waals surface area (Å²) in [5, 5.41) is 0. The van der Waals surface area contributed by atoms with Gasteiger partial charge in [0, 0.05) is 6.92 Å². The summed E-state index contributed by atoms with van der Waals surface area (Å²) in [5.41, 5.74) is 0.849. The van der Waals surface area contributed by atoms with Crippen molar-refractivity contribution < 1.29 is 13.2 Å². The van der Waals surface area contributed by atoms with Gasteiger partial charge in [-0.25, -0.2) is 4.21 Å². The van der Waals surface area contributed by atoms with Crippen molar-refractivity contribution in [2.45, 2.75) is 18.7 Å². The third kappa shape index (κ3) is 2.66. The predicted molar refractivity (Wildman–Crippen MR) is 49.4 cm³/mol. The number of carbonyl (C=O) groups excluding carboxylic acids is 1. The molecule has 0 saturated carbocycles. The molecule has 3 nitrogen and oxygen atoms in total. The molecule has 0 aromatic heterocycles. The standard InChI is InChI=1S/C9H10O3S/c1-7-5-3-4-6-9(7)13(11)12-8(2)10/h3-6H,1-2H3. The highest BCUT2D eigenvalue weighted by atomic mass is 32.2. The van der Waals surface area contributed by atoms with Crippen molar-refractivity contribution in [2.75, 3.05) is 0 Å². The molecule has 0 aliphatic carbocycles. The Morgan fingerprint density at radius 1 is 1.38 bits per heavy atom. The molecular formula is C9H10O3S. The van der Waals surface area contributed by atoms with E-state index in [2.05, 4.69) is 4.18 Å². The van der Waals surface area contributed by atoms with E-state index < -0.39 is 17.0 Å². The molecule has 0 radical (unpaired) electrons. The van der Waals surface area contributed by atoms with Crippen LogP contribution in [0.3, 0.4) is 0 Å². The van der Waals surface area contributed by atoms with E-state index in [9.17, 15) is 9.00 Å². The molecule has 0 N–H and O–H groups in total. The van der Waals surface area contributed by atoms with Gasteiger partial charge in [0.25, 0.3) is 0 Å². The molecular weight excluding hydrogens is 188 g/mol. The fraction of sp³-hybridized carbons (Fsp3) is 0.222. The number of hydrogen-bond donors (Lipinski definition) is 0. The normalized spacial score (nSPS) is 12.2. The maximum atomic E-state index is 11.3. The lowest BCUT2D eigenvalue weighted by atomic mass is 10.2. The van der Waals surface area contributed by atoms with E-state index in [-0.39, 0.29) is 0 Å². The van der Waals surface area contributed by atoms with Crippen LogP contribution in [0, 0.1) is 6.92 Å². The van der Waals surface area contributed by atoms with Gasteiger partial charge in [0.15, 0.2) is 0 Å². The summed E-state index contributed by atoms with van der Waals surface area (Å²) in [6.45, 7) is 3.05. The molecule has 0 aliphatic rings. The number of benzene rings is 1. The van der Waals surface area contributed by atoms with Crippen LogP contribution in [0.2, 0.25) is 0 Å². The van der Waals surface area contributed by atoms with Gasteiger partial charge in [-0.2, -0.15) is 0 Å². The van der Waals surface area contributed by atoms with Crippen LogP contribution in [0.5, 0.6) is 0 Å². The van der Waals surface area contributed by atoms with Crippen molar-refractivity contribution in [3.63, 3.8) is 0 Å². The fourth-order valence-corrected chi connectivity index (χ4v) is 1.72. The van der Waals surface area contributed by atoms with Crippen LogP contribution in [-0.2, 0) is 20.1 Å². The van der Waals surface area contributed by atoms with E-state index in [4.69, 9.17) is 0 Å². The summed E-state index contributed by atoms with van der Waals surface area (Å²) in [6, 6.07) is 7.08. The first-order chi connectivity index (χ1) is 6.11. The van der Waals surface area contributed by atoms with Crippen molar-refractivity contribution in [1.29, 1.82) is 0 Å². The van der Waals surface area contributed by atoms with E-state index in [1.807, 2.05) is 19.1 Å². The quantitative estimate of drug-likeness (QED) is 0.724. The van der Waals surface area contributed by atoms with Gasteiger partial charge in [0.05, 0.1) is 4.90 Å². The number of hydrogen-bond acceptors (Lipinski definition) is 3. The highest BCUT2D eigenvalue weighted by Gasteiger charge is 2.09. The molecule has 1 aromatic carbocycles. The van der Waals surface area contributed by atoms with Crippen molar-refractivity contribution in [1.82, 2.24) is 0 Å². The van der Waals surface area contributed by atoms with Crippen LogP contribution in [0.1, 0.15) is 12.5 Å². The molecule has 1 aromatic rings. The summed E-state index contributed by atoms with van der Waals surface area (Å²) in [4.78, 5) is 11.1. The molecule has 0 heterocycles. The van der Waals surface area contributed by atoms with Crippen LogP contribution in [-0.4, -0.2) is 10.2 Å². The molecule has 0 amide bonds. The van der Waals surface area contributed by atoms with Crippen molar-refractivity contribution in [2.24, 2.45) is 0 Å². The Kier molecular flexibility index (Phi) is 3.19. The lowest BCUT2D eigenvalue weighted by Crippen LogP contribution is -2.04. The molecule has 0 bridgehead atoms. The van der Waals surface area contributed by atoms with Crippen LogP contribution in [0.25, 0.3) is 0 Å². The van der Waals surface area contributed by atoms with Gasteiger partial charge in [0.2, 0.25) is 11.1 Å². The Morgan fingerprint density at radius 3 is 2.54 bits per heavy atom. The first-order valence-electron chi connectivity index (χ1n) is 3.77. The van der Waals surface area contributed by atoms with Gasteiger partial charge in [-0.3, -0.25) is 4.79 Å². The molecule has 1 rings (SSSR count). The van der Waals surface area contributed by atoms with Crippen LogP contribution in [0.4, 0.5) is 0 Å². The van der Waals surface area contributed by atoms with Gasteiger partial charge < -0.3 is 4.18 Å². The molecule has 1 atom stereocenters. The monoisotopic (exact) mass is 198 g/mol. The number of aryl methyl sites for hydroxylation is 1. The van der Waals surface area contributed by atoms with Crippen molar-refractivity contribution >= 4 is 17.0 Å². The molecule has 13 heavy (non-hydrogen) atoms. The molecule has 0 saturated heterocycles. The summed E-state index contributed by atoms with van der Waals surface area (Å²) < 4.78 is 15.9. The Bertz CT molecular complexity index is 346. The van der Waals surface area contributed by atoms with Gasteiger partial charge in [-0.15, -0.1) is 0 Å². The second-order valence-electron chi connectivity index (χ2n) is 2.58. The second kappa shape index (κ2) is 4.18. The highest BCUT2D eigenvalue weighted by molar-refractivity contribution is 7.80. The maximum Gasteiger partial charge on any atom is 0.317 e. The van der Waals surface area contributed by atoms with E-state index >= 15 is 0 Å². The largest absolute Gasteiger partial charge is 0.361 e. The summed E-state index contributed by atoms with van der Waals surface area (Å²) in [5.74, 6) is -0.540. The molecule has 70 valence electrons. The third-order valence-corrected chi connectivity index (χ3v) is 2.67. The smallest absolute Gasteiger partial charge is 0.317 e. The van der Waals surface area contributed by atoms with Crippen molar-refractivity contribution in [3.8, 4) is 0 Å². The lowest BCUT2D eigenvalue weighted by molar-refractivity contribution is -0.130. The second-order valence-corrected chi connectivity index (χ2v) is 3.65. The number of rotatable bonds is 2. The molecule has 0 spiro atoms. The van der Waals surface area contributed by atoms with Gasteiger partial charge in [-0.1, -0.05) is 18.2 Å². The Morgan fingerprint density at radius 2 is 2.00 bits per heavy atom. The molecule has 1 unspecified atom stereocenters. The van der Waals surface area contributed by atoms with Gasteiger partial charge in [0.1, 0.15) is 0 Å². The topological polar surface area (TPSA) is 43.4 Å². The summed E-state index contributed by atoms with van der Waals surface area (Å²) in [6.07, 6.45) is 0. The van der Waals surface area contributed by atoms with Crippen LogP contribution in [0.15, 0.2) is 29.2 Å². The van der Waals surface area contributed by atoms with Crippen LogP contribution < -0.4 is 0 Å². The minimum Gasteiger partial charge on any atom is -0.361 e. The zero-order valence-corrected chi connectivity index (χ0v) is 8.26. The van der Waals surface area contributed by atoms with E-state index in [0.717, 1.165) is 5.56 Å². The van der Waals surface area contributed by atoms with E-state index in [1.165, 1.54) is 6.92 Å². The highest BCUT2D eigenvalue weighted by Crippen LogP contribution is 2.12. The third-order valence-electron chi connectivity index (χ3n) is 1.47. The molecule has 0 fully saturated rings. The van der Waals surface area contributed by atoms with E-state index in [0.29, 0.717) is 4.90 Å².